The summed E-state index contributed by atoms with van der Waals surface area (Å²) in [5.74, 6) is 0.343. The van der Waals surface area contributed by atoms with E-state index in [2.05, 4.69) is 20.6 Å². The summed E-state index contributed by atoms with van der Waals surface area (Å²) in [6.45, 7) is 0. The first-order chi connectivity index (χ1) is 13.3. The number of nitrogens with zero attached hydrogens (tertiary/aromatic N) is 4. The molecule has 1 saturated carbocycles. The number of nitrogens with one attached hydrogen (secondary N) is 1. The summed E-state index contributed by atoms with van der Waals surface area (Å²) < 4.78 is 1.69. The molecule has 1 aliphatic rings. The van der Waals surface area contributed by atoms with Crippen LogP contribution in [0.3, 0.4) is 0 Å². The van der Waals surface area contributed by atoms with Crippen molar-refractivity contribution in [3.63, 3.8) is 0 Å². The third-order valence-corrected chi connectivity index (χ3v) is 4.59. The van der Waals surface area contributed by atoms with Gasteiger partial charge in [0.15, 0.2) is 5.82 Å². The molecule has 0 radical (unpaired) electrons. The molecule has 2 aromatic carbocycles. The van der Waals surface area contributed by atoms with Crippen LogP contribution >= 0.6 is 0 Å². The van der Waals surface area contributed by atoms with Gasteiger partial charge in [0.2, 0.25) is 5.82 Å². The molecular formula is C21H21N5O. The second-order valence-electron chi connectivity index (χ2n) is 6.55. The molecule has 0 aliphatic heterocycles. The third-order valence-electron chi connectivity index (χ3n) is 4.59. The molecule has 0 atom stereocenters. The first-order valence-electron chi connectivity index (χ1n) is 9.25. The van der Waals surface area contributed by atoms with Gasteiger partial charge in [0.05, 0.1) is 5.69 Å². The molecule has 0 bridgehead atoms. The van der Waals surface area contributed by atoms with Gasteiger partial charge in [-0.15, -0.1) is 5.10 Å². The van der Waals surface area contributed by atoms with Crippen molar-refractivity contribution in [3.8, 4) is 17.1 Å². The standard InChI is InChI=1S/C21H21N5O/c27-21(24-23-17-12-6-2-7-13-17)19-22-20(16-10-4-1-5-11-16)26(25-19)18-14-8-3-9-15-18/h1,3-5,8-11,14-15H,2,6-7,12-13H2,(H,24,27). The van der Waals surface area contributed by atoms with Gasteiger partial charge in [0, 0.05) is 11.3 Å². The molecule has 1 heterocycles. The molecule has 6 heteroatoms. The number of benzene rings is 2. The number of amides is 1. The molecule has 0 unspecified atom stereocenters. The highest BCUT2D eigenvalue weighted by Gasteiger charge is 2.18. The molecule has 3 aromatic rings. The lowest BCUT2D eigenvalue weighted by Gasteiger charge is -2.11. The Hall–Kier alpha value is -3.28. The van der Waals surface area contributed by atoms with Gasteiger partial charge in [-0.1, -0.05) is 55.0 Å². The average molecular weight is 359 g/mol. The number of rotatable bonds is 4. The lowest BCUT2D eigenvalue weighted by Crippen LogP contribution is -2.22. The van der Waals surface area contributed by atoms with Crippen LogP contribution in [0.15, 0.2) is 65.8 Å². The predicted octanol–water partition coefficient (Wildman–Crippen LogP) is 3.98. The molecule has 1 aliphatic carbocycles. The highest BCUT2D eigenvalue weighted by atomic mass is 16.2. The van der Waals surface area contributed by atoms with Crippen LogP contribution in [0.25, 0.3) is 17.1 Å². The van der Waals surface area contributed by atoms with Crippen molar-refractivity contribution >= 4 is 11.6 Å². The van der Waals surface area contributed by atoms with Crippen molar-refractivity contribution < 1.29 is 4.79 Å². The summed E-state index contributed by atoms with van der Waals surface area (Å²) in [4.78, 5) is 17.1. The summed E-state index contributed by atoms with van der Waals surface area (Å²) >= 11 is 0. The summed E-state index contributed by atoms with van der Waals surface area (Å²) in [5.41, 5.74) is 5.41. The first-order valence-corrected chi connectivity index (χ1v) is 9.25. The Kier molecular flexibility index (Phi) is 5.05. The van der Waals surface area contributed by atoms with Crippen molar-refractivity contribution in [1.82, 2.24) is 20.2 Å². The zero-order valence-electron chi connectivity index (χ0n) is 15.0. The molecule has 1 aromatic heterocycles. The Morgan fingerprint density at radius 2 is 1.59 bits per heavy atom. The zero-order valence-corrected chi connectivity index (χ0v) is 15.0. The maximum absolute atomic E-state index is 12.6. The number of hydrogen-bond acceptors (Lipinski definition) is 4. The largest absolute Gasteiger partial charge is 0.311 e. The Labute approximate surface area is 157 Å². The minimum atomic E-state index is -0.389. The van der Waals surface area contributed by atoms with E-state index >= 15 is 0 Å². The van der Waals surface area contributed by atoms with Crippen LogP contribution < -0.4 is 5.43 Å². The van der Waals surface area contributed by atoms with Crippen LogP contribution in [0.2, 0.25) is 0 Å². The van der Waals surface area contributed by atoms with Crippen molar-refractivity contribution in [1.29, 1.82) is 0 Å². The molecule has 0 spiro atoms. The van der Waals surface area contributed by atoms with E-state index in [9.17, 15) is 4.79 Å². The Morgan fingerprint density at radius 1 is 0.926 bits per heavy atom. The summed E-state index contributed by atoms with van der Waals surface area (Å²) in [6.07, 6.45) is 5.39. The minimum Gasteiger partial charge on any atom is -0.264 e. The van der Waals surface area contributed by atoms with Crippen molar-refractivity contribution in [2.45, 2.75) is 32.1 Å². The zero-order chi connectivity index (χ0) is 18.5. The molecule has 1 N–H and O–H groups in total. The van der Waals surface area contributed by atoms with E-state index < -0.39 is 0 Å². The number of aromatic nitrogens is 3. The minimum absolute atomic E-state index is 0.109. The molecule has 4 rings (SSSR count). The maximum Gasteiger partial charge on any atom is 0.311 e. The van der Waals surface area contributed by atoms with E-state index in [0.717, 1.165) is 42.6 Å². The summed E-state index contributed by atoms with van der Waals surface area (Å²) in [7, 11) is 0. The van der Waals surface area contributed by atoms with Crippen LogP contribution in [0.5, 0.6) is 0 Å². The van der Waals surface area contributed by atoms with Crippen LogP contribution in [0.1, 0.15) is 42.7 Å². The Morgan fingerprint density at radius 3 is 2.30 bits per heavy atom. The normalized spacial score (nSPS) is 14.0. The second-order valence-corrected chi connectivity index (χ2v) is 6.55. The number of carbonyl (C=O) groups is 1. The molecule has 0 saturated heterocycles. The molecule has 27 heavy (non-hydrogen) atoms. The third kappa shape index (κ3) is 3.95. The lowest BCUT2D eigenvalue weighted by atomic mass is 9.99. The number of hydrogen-bond donors (Lipinski definition) is 1. The maximum atomic E-state index is 12.6. The fourth-order valence-corrected chi connectivity index (χ4v) is 3.18. The average Bonchev–Trinajstić information content (AvgIpc) is 3.20. The van der Waals surface area contributed by atoms with E-state index in [1.165, 1.54) is 6.42 Å². The topological polar surface area (TPSA) is 72.2 Å². The monoisotopic (exact) mass is 359 g/mol. The van der Waals surface area contributed by atoms with E-state index in [0.29, 0.717) is 5.82 Å². The first kappa shape index (κ1) is 17.1. The SMILES string of the molecule is O=C(NN=C1CCCCC1)c1nc(-c2ccccc2)n(-c2ccccc2)n1. The van der Waals surface area contributed by atoms with Gasteiger partial charge in [-0.2, -0.15) is 5.10 Å². The number of para-hydroxylation sites is 1. The van der Waals surface area contributed by atoms with E-state index in [4.69, 9.17) is 0 Å². The Bertz CT molecular complexity index is 882. The number of hydrazone groups is 1. The fraction of sp³-hybridized carbons (Fsp3) is 0.238. The quantitative estimate of drug-likeness (QED) is 0.716. The lowest BCUT2D eigenvalue weighted by molar-refractivity contribution is 0.0944. The highest BCUT2D eigenvalue weighted by Crippen LogP contribution is 2.21. The second kappa shape index (κ2) is 7.95. The van der Waals surface area contributed by atoms with Gasteiger partial charge in [0.1, 0.15) is 0 Å². The van der Waals surface area contributed by atoms with Crippen LogP contribution in [0, 0.1) is 0 Å². The smallest absolute Gasteiger partial charge is 0.264 e. The number of carbonyl (C=O) groups excluding carboxylic acids is 1. The van der Waals surface area contributed by atoms with Crippen LogP contribution in [-0.4, -0.2) is 26.4 Å². The van der Waals surface area contributed by atoms with Gasteiger partial charge in [0.25, 0.3) is 0 Å². The summed E-state index contributed by atoms with van der Waals surface area (Å²) in [5, 5.41) is 8.72. The molecule has 136 valence electrons. The van der Waals surface area contributed by atoms with Crippen molar-refractivity contribution in [2.24, 2.45) is 5.10 Å². The van der Waals surface area contributed by atoms with Gasteiger partial charge in [-0.3, -0.25) is 4.79 Å². The molecule has 1 amide bonds. The van der Waals surface area contributed by atoms with Crippen LogP contribution in [0.4, 0.5) is 0 Å². The molecule has 6 nitrogen and oxygen atoms in total. The van der Waals surface area contributed by atoms with Crippen LogP contribution in [-0.2, 0) is 0 Å². The van der Waals surface area contributed by atoms with E-state index in [1.54, 1.807) is 4.68 Å². The van der Waals surface area contributed by atoms with Gasteiger partial charge >= 0.3 is 5.91 Å². The Balaban J connectivity index is 1.65. The van der Waals surface area contributed by atoms with E-state index in [-0.39, 0.29) is 11.7 Å². The predicted molar refractivity (Wildman–Crippen MR) is 105 cm³/mol. The highest BCUT2D eigenvalue weighted by molar-refractivity contribution is 5.93. The van der Waals surface area contributed by atoms with Crippen molar-refractivity contribution in [3.05, 3.63) is 66.5 Å². The van der Waals surface area contributed by atoms with Crippen molar-refractivity contribution in [2.75, 3.05) is 0 Å². The van der Waals surface area contributed by atoms with Gasteiger partial charge < -0.3 is 0 Å². The summed E-state index contributed by atoms with van der Waals surface area (Å²) in [6, 6.07) is 19.4. The molecule has 1 fully saturated rings. The van der Waals surface area contributed by atoms with Gasteiger partial charge in [-0.25, -0.2) is 15.1 Å². The fourth-order valence-electron chi connectivity index (χ4n) is 3.18. The molecular weight excluding hydrogens is 338 g/mol. The van der Waals surface area contributed by atoms with E-state index in [1.807, 2.05) is 60.7 Å². The van der Waals surface area contributed by atoms with Gasteiger partial charge in [-0.05, 0) is 37.8 Å².